The summed E-state index contributed by atoms with van der Waals surface area (Å²) in [5, 5.41) is 15.0. The second-order valence-electron chi connectivity index (χ2n) is 14.0. The van der Waals surface area contributed by atoms with Crippen LogP contribution in [0.1, 0.15) is 50.5 Å². The van der Waals surface area contributed by atoms with Crippen LogP contribution < -0.4 is 15.8 Å². The van der Waals surface area contributed by atoms with E-state index in [1.54, 1.807) is 12.3 Å². The topological polar surface area (TPSA) is 125 Å². The van der Waals surface area contributed by atoms with E-state index in [4.69, 9.17) is 30.2 Å². The lowest BCUT2D eigenvalue weighted by Gasteiger charge is -2.47. The monoisotopic (exact) mass is 642 g/mol. The summed E-state index contributed by atoms with van der Waals surface area (Å²) in [5.74, 6) is 0.274. The molecule has 3 aliphatic carbocycles. The van der Waals surface area contributed by atoms with Gasteiger partial charge in [-0.3, -0.25) is 9.88 Å². The SMILES string of the molecule is CN(C)C1(CNc2nc(OCC3(CN4CCOCC45CC5)CC3)nc3cc(-c4ccc(F)c5sc(N)c(C#N)c45)ncc23)CCC1. The first kappa shape index (κ1) is 29.8. The molecule has 240 valence electrons. The summed E-state index contributed by atoms with van der Waals surface area (Å²) >= 11 is 1.08. The minimum absolute atomic E-state index is 0.0763. The number of nitrogens with one attached hydrogen (secondary N) is 1. The van der Waals surface area contributed by atoms with E-state index < -0.39 is 5.82 Å². The van der Waals surface area contributed by atoms with Crippen molar-refractivity contribution in [1.82, 2.24) is 24.8 Å². The molecule has 0 radical (unpaired) electrons. The molecule has 0 amide bonds. The Morgan fingerprint density at radius 2 is 2.02 bits per heavy atom. The van der Waals surface area contributed by atoms with E-state index in [9.17, 15) is 9.65 Å². The Labute approximate surface area is 271 Å². The van der Waals surface area contributed by atoms with Crippen molar-refractivity contribution >= 4 is 43.1 Å². The van der Waals surface area contributed by atoms with E-state index in [1.165, 1.54) is 25.3 Å². The maximum absolute atomic E-state index is 14.8. The van der Waals surface area contributed by atoms with Crippen molar-refractivity contribution in [2.45, 2.75) is 56.0 Å². The molecule has 3 saturated carbocycles. The highest BCUT2D eigenvalue weighted by molar-refractivity contribution is 7.23. The van der Waals surface area contributed by atoms with Gasteiger partial charge in [-0.25, -0.2) is 4.39 Å². The van der Waals surface area contributed by atoms with E-state index in [2.05, 4.69) is 35.3 Å². The molecule has 1 aliphatic heterocycles. The normalized spacial score (nSPS) is 20.9. The highest BCUT2D eigenvalue weighted by Gasteiger charge is 2.54. The van der Waals surface area contributed by atoms with Gasteiger partial charge < -0.3 is 25.4 Å². The zero-order valence-corrected chi connectivity index (χ0v) is 27.2. The van der Waals surface area contributed by atoms with E-state index in [-0.39, 0.29) is 22.1 Å². The average Bonchev–Trinajstić information content (AvgIpc) is 3.94. The molecule has 1 saturated heterocycles. The van der Waals surface area contributed by atoms with Gasteiger partial charge >= 0.3 is 6.01 Å². The summed E-state index contributed by atoms with van der Waals surface area (Å²) < 4.78 is 27.4. The van der Waals surface area contributed by atoms with Crippen LogP contribution in [0, 0.1) is 22.6 Å². The Balaban J connectivity index is 1.13. The lowest BCUT2D eigenvalue weighted by Crippen LogP contribution is -2.54. The molecule has 4 aliphatic rings. The quantitative estimate of drug-likeness (QED) is 0.232. The van der Waals surface area contributed by atoms with Crippen molar-refractivity contribution < 1.29 is 13.9 Å². The van der Waals surface area contributed by atoms with Crippen molar-refractivity contribution in [3.05, 3.63) is 35.8 Å². The molecule has 0 bridgehead atoms. The minimum atomic E-state index is -0.410. The summed E-state index contributed by atoms with van der Waals surface area (Å²) in [5.41, 5.74) is 8.68. The number of nitrogens with two attached hydrogens (primary N) is 1. The van der Waals surface area contributed by atoms with Crippen LogP contribution in [0.3, 0.4) is 0 Å². The molecule has 4 heterocycles. The number of nitrogen functional groups attached to an aromatic ring is 1. The number of anilines is 2. The molecular formula is C34H39FN8O2S. The number of hydrogen-bond donors (Lipinski definition) is 2. The standard InChI is InChI=1S/C34H39FN8O2S/c1-42(2)33(6-3-7-33)17-39-30-23-16-38-25(21-4-5-24(35)28-27(21)22(15-36)29(37)46-28)14-26(23)40-31(41-30)45-19-32(8-9-32)18-43-12-13-44-20-34(43)10-11-34/h4-5,14,16H,3,6-13,17-20,37H2,1-2H3,(H,39,40,41). The number of ether oxygens (including phenoxy) is 2. The number of fused-ring (bicyclic) bond motifs is 2. The molecule has 12 heteroatoms. The summed E-state index contributed by atoms with van der Waals surface area (Å²) in [6.45, 7) is 4.93. The van der Waals surface area contributed by atoms with Crippen LogP contribution in [0.15, 0.2) is 24.4 Å². The molecule has 46 heavy (non-hydrogen) atoms. The summed E-state index contributed by atoms with van der Waals surface area (Å²) in [6, 6.07) is 7.42. The number of benzene rings is 1. The second-order valence-corrected chi connectivity index (χ2v) is 15.1. The Hall–Kier alpha value is -3.63. The van der Waals surface area contributed by atoms with Gasteiger partial charge in [-0.1, -0.05) is 0 Å². The maximum atomic E-state index is 14.8. The third-order valence-electron chi connectivity index (χ3n) is 10.9. The largest absolute Gasteiger partial charge is 0.463 e. The fourth-order valence-corrected chi connectivity index (χ4v) is 8.19. The Kier molecular flexibility index (Phi) is 7.10. The van der Waals surface area contributed by atoms with Gasteiger partial charge in [-0.2, -0.15) is 15.2 Å². The number of nitrogens with zero attached hydrogens (tertiary/aromatic N) is 6. The van der Waals surface area contributed by atoms with Crippen LogP contribution in [0.4, 0.5) is 15.2 Å². The third-order valence-corrected chi connectivity index (χ3v) is 12.0. The first-order valence-corrected chi connectivity index (χ1v) is 17.0. The van der Waals surface area contributed by atoms with Crippen molar-refractivity contribution in [2.24, 2.45) is 5.41 Å². The molecule has 3 N–H and O–H groups in total. The van der Waals surface area contributed by atoms with Gasteiger partial charge in [-0.05, 0) is 77.2 Å². The van der Waals surface area contributed by atoms with Crippen LogP contribution in [-0.2, 0) is 4.74 Å². The average molecular weight is 643 g/mol. The number of hydrogen-bond acceptors (Lipinski definition) is 11. The third kappa shape index (κ3) is 5.04. The van der Waals surface area contributed by atoms with Crippen LogP contribution in [0.5, 0.6) is 6.01 Å². The summed E-state index contributed by atoms with van der Waals surface area (Å²) in [6.07, 6.45) is 9.90. The van der Waals surface area contributed by atoms with Gasteiger partial charge in [0, 0.05) is 53.3 Å². The number of halogens is 1. The lowest BCUT2D eigenvalue weighted by atomic mass is 9.75. The molecule has 0 atom stereocenters. The predicted octanol–water partition coefficient (Wildman–Crippen LogP) is 5.42. The number of aromatic nitrogens is 3. The molecule has 4 fully saturated rings. The molecule has 1 spiro atoms. The zero-order valence-electron chi connectivity index (χ0n) is 26.4. The number of nitriles is 1. The van der Waals surface area contributed by atoms with Gasteiger partial charge in [-0.15, -0.1) is 11.3 Å². The van der Waals surface area contributed by atoms with Gasteiger partial charge in [0.15, 0.2) is 0 Å². The van der Waals surface area contributed by atoms with Crippen LogP contribution >= 0.6 is 11.3 Å². The number of likely N-dealkylation sites (N-methyl/N-ethyl adjacent to an activating group) is 1. The zero-order chi connectivity index (χ0) is 31.7. The first-order chi connectivity index (χ1) is 22.2. The summed E-state index contributed by atoms with van der Waals surface area (Å²) in [4.78, 5) is 19.5. The Morgan fingerprint density at radius 3 is 2.72 bits per heavy atom. The first-order valence-electron chi connectivity index (χ1n) is 16.2. The predicted molar refractivity (Wildman–Crippen MR) is 178 cm³/mol. The van der Waals surface area contributed by atoms with Gasteiger partial charge in [0.05, 0.1) is 46.7 Å². The molecule has 4 aromatic rings. The van der Waals surface area contributed by atoms with Crippen LogP contribution in [0.25, 0.3) is 32.2 Å². The van der Waals surface area contributed by atoms with Gasteiger partial charge in [0.25, 0.3) is 0 Å². The molecule has 3 aromatic heterocycles. The Morgan fingerprint density at radius 1 is 1.20 bits per heavy atom. The van der Waals surface area contributed by atoms with Crippen LogP contribution in [-0.4, -0.2) is 89.4 Å². The van der Waals surface area contributed by atoms with Crippen molar-refractivity contribution in [3.8, 4) is 23.3 Å². The fraction of sp³-hybridized carbons (Fsp3) is 0.529. The van der Waals surface area contributed by atoms with E-state index in [1.807, 2.05) is 6.07 Å². The number of thiophene rings is 1. The molecule has 1 aromatic carbocycles. The van der Waals surface area contributed by atoms with Gasteiger partial charge in [0.2, 0.25) is 0 Å². The van der Waals surface area contributed by atoms with Crippen molar-refractivity contribution in [1.29, 1.82) is 5.26 Å². The Bertz CT molecular complexity index is 1870. The molecule has 8 rings (SSSR count). The van der Waals surface area contributed by atoms with Gasteiger partial charge in [0.1, 0.15) is 22.7 Å². The van der Waals surface area contributed by atoms with Crippen molar-refractivity contribution in [2.75, 3.05) is 64.6 Å². The van der Waals surface area contributed by atoms with E-state index >= 15 is 0 Å². The molecule has 0 unspecified atom stereocenters. The number of rotatable bonds is 10. The molecular weight excluding hydrogens is 603 g/mol. The highest BCUT2D eigenvalue weighted by Crippen LogP contribution is 2.51. The van der Waals surface area contributed by atoms with Crippen molar-refractivity contribution in [3.63, 3.8) is 0 Å². The second kappa shape index (κ2) is 11.0. The number of pyridine rings is 1. The fourth-order valence-electron chi connectivity index (χ4n) is 7.24. The summed E-state index contributed by atoms with van der Waals surface area (Å²) in [7, 11) is 4.26. The van der Waals surface area contributed by atoms with E-state index in [0.717, 1.165) is 75.3 Å². The minimum Gasteiger partial charge on any atom is -0.463 e. The maximum Gasteiger partial charge on any atom is 0.318 e. The highest BCUT2D eigenvalue weighted by atomic mass is 32.1. The lowest BCUT2D eigenvalue weighted by molar-refractivity contribution is -0.0326. The smallest absolute Gasteiger partial charge is 0.318 e. The molecule has 10 nitrogen and oxygen atoms in total. The number of morpholine rings is 1. The van der Waals surface area contributed by atoms with Crippen LogP contribution in [0.2, 0.25) is 0 Å². The van der Waals surface area contributed by atoms with E-state index in [0.29, 0.717) is 50.3 Å².